The number of fused-ring (bicyclic) bond motifs is 1. The molecule has 0 spiro atoms. The Morgan fingerprint density at radius 2 is 1.40 bits per heavy atom. The van der Waals surface area contributed by atoms with Gasteiger partial charge in [0.1, 0.15) is 65.4 Å². The number of phenolic OH excluding ortho intramolecular Hbond substituents is 1. The Bertz CT molecular complexity index is 1660. The molecule has 10 atom stereocenters. The van der Waals surface area contributed by atoms with Crippen molar-refractivity contribution in [1.82, 2.24) is 0 Å². The van der Waals surface area contributed by atoms with Crippen LogP contribution in [-0.4, -0.2) is 142 Å². The minimum absolute atomic E-state index is 0.0692. The summed E-state index contributed by atoms with van der Waals surface area (Å²) in [6.07, 6.45) is -17.6. The molecule has 0 aliphatic carbocycles. The first kappa shape index (κ1) is 35.4. The fraction of sp³-hybridized carbons (Fsp3) is 0.500. The van der Waals surface area contributed by atoms with Crippen molar-refractivity contribution < 1.29 is 83.5 Å². The van der Waals surface area contributed by atoms with Crippen LogP contribution in [0.4, 0.5) is 0 Å². The lowest BCUT2D eigenvalue weighted by atomic mass is 9.97. The van der Waals surface area contributed by atoms with E-state index in [1.54, 1.807) is 0 Å². The van der Waals surface area contributed by atoms with Crippen molar-refractivity contribution in [3.05, 3.63) is 34.5 Å². The Morgan fingerprint density at radius 1 is 0.750 bits per heavy atom. The zero-order valence-corrected chi connectivity index (χ0v) is 25.7. The van der Waals surface area contributed by atoms with Crippen molar-refractivity contribution in [3.8, 4) is 45.8 Å². The van der Waals surface area contributed by atoms with E-state index in [-0.39, 0.29) is 28.4 Å². The largest absolute Gasteiger partial charge is 0.507 e. The monoisotopic (exact) mass is 684 g/mol. The Morgan fingerprint density at radius 3 is 1.98 bits per heavy atom. The van der Waals surface area contributed by atoms with Gasteiger partial charge < -0.3 is 83.5 Å². The fourth-order valence-corrected chi connectivity index (χ4v) is 5.49. The highest BCUT2D eigenvalue weighted by atomic mass is 16.8. The summed E-state index contributed by atoms with van der Waals surface area (Å²) >= 11 is 0. The van der Waals surface area contributed by atoms with Crippen LogP contribution in [0.2, 0.25) is 0 Å². The Labute approximate surface area is 271 Å². The summed E-state index contributed by atoms with van der Waals surface area (Å²) in [4.78, 5) is 13.8. The molecule has 0 radical (unpaired) electrons. The summed E-state index contributed by atoms with van der Waals surface area (Å²) in [5, 5.41) is 93.1. The molecule has 5 rings (SSSR count). The second-order valence-corrected chi connectivity index (χ2v) is 10.9. The van der Waals surface area contributed by atoms with Crippen LogP contribution in [0.1, 0.15) is 0 Å². The van der Waals surface area contributed by atoms with Crippen LogP contribution in [0.3, 0.4) is 0 Å². The van der Waals surface area contributed by atoms with Crippen LogP contribution < -0.4 is 24.4 Å². The van der Waals surface area contributed by atoms with Gasteiger partial charge in [0, 0.05) is 12.1 Å². The first-order valence-corrected chi connectivity index (χ1v) is 14.5. The van der Waals surface area contributed by atoms with Gasteiger partial charge in [-0.25, -0.2) is 0 Å². The SMILES string of the molecule is COc1ccc(-c2oc3c(OC)c(OC)cc(OC4OC(CO)C(O)C(O)C4OC4OC(CO)C(O)C(O)C4O)c3c(=O)c2O)c(O)c1. The van der Waals surface area contributed by atoms with Crippen molar-refractivity contribution in [2.24, 2.45) is 0 Å². The number of hydrogen-bond acceptors (Lipinski definition) is 18. The summed E-state index contributed by atoms with van der Waals surface area (Å²) in [5.74, 6) is -2.16. The van der Waals surface area contributed by atoms with Gasteiger partial charge in [-0.15, -0.1) is 0 Å². The molecule has 2 saturated heterocycles. The van der Waals surface area contributed by atoms with Crippen LogP contribution in [0.25, 0.3) is 22.3 Å². The van der Waals surface area contributed by atoms with E-state index in [0.717, 1.165) is 6.07 Å². The third-order valence-corrected chi connectivity index (χ3v) is 8.11. The molecule has 1 aromatic heterocycles. The maximum Gasteiger partial charge on any atom is 0.238 e. The first-order valence-electron chi connectivity index (χ1n) is 14.5. The lowest BCUT2D eigenvalue weighted by Crippen LogP contribution is -2.65. The summed E-state index contributed by atoms with van der Waals surface area (Å²) in [6.45, 7) is -1.62. The van der Waals surface area contributed by atoms with E-state index in [4.69, 9.17) is 37.6 Å². The highest BCUT2D eigenvalue weighted by Gasteiger charge is 2.51. The Kier molecular flexibility index (Phi) is 10.5. The Balaban J connectivity index is 1.62. The van der Waals surface area contributed by atoms with Crippen LogP contribution in [0.5, 0.6) is 34.5 Å². The van der Waals surface area contributed by atoms with Gasteiger partial charge in [-0.1, -0.05) is 0 Å². The topological polar surface area (TPSA) is 277 Å². The molecular weight excluding hydrogens is 648 g/mol. The molecule has 18 nitrogen and oxygen atoms in total. The van der Waals surface area contributed by atoms with Gasteiger partial charge in [0.05, 0.1) is 40.1 Å². The molecule has 9 N–H and O–H groups in total. The molecule has 2 aromatic carbocycles. The predicted octanol–water partition coefficient (Wildman–Crippen LogP) is -2.10. The molecular formula is C30H36O18. The molecule has 2 fully saturated rings. The van der Waals surface area contributed by atoms with Crippen LogP contribution in [0.15, 0.2) is 33.5 Å². The highest BCUT2D eigenvalue weighted by Crippen LogP contribution is 2.46. The summed E-state index contributed by atoms with van der Waals surface area (Å²) in [5.41, 5.74) is -1.51. The zero-order valence-electron chi connectivity index (χ0n) is 25.7. The third kappa shape index (κ3) is 6.18. The van der Waals surface area contributed by atoms with Crippen LogP contribution in [-0.2, 0) is 14.2 Å². The molecule has 264 valence electrons. The number of hydrogen-bond donors (Lipinski definition) is 9. The van der Waals surface area contributed by atoms with Crippen molar-refractivity contribution in [2.45, 2.75) is 61.4 Å². The van der Waals surface area contributed by atoms with E-state index < -0.39 is 108 Å². The van der Waals surface area contributed by atoms with Crippen molar-refractivity contribution >= 4 is 11.0 Å². The highest BCUT2D eigenvalue weighted by molar-refractivity contribution is 5.94. The van der Waals surface area contributed by atoms with E-state index in [2.05, 4.69) is 0 Å². The number of aliphatic hydroxyl groups is 7. The summed E-state index contributed by atoms with van der Waals surface area (Å²) in [6, 6.07) is 5.16. The first-order chi connectivity index (χ1) is 22.9. The molecule has 0 bridgehead atoms. The smallest absolute Gasteiger partial charge is 0.238 e. The summed E-state index contributed by atoms with van der Waals surface area (Å²) < 4.78 is 44.6. The number of benzene rings is 2. The van der Waals surface area contributed by atoms with Crippen LogP contribution in [0, 0.1) is 0 Å². The van der Waals surface area contributed by atoms with Gasteiger partial charge in [0.15, 0.2) is 29.5 Å². The third-order valence-electron chi connectivity index (χ3n) is 8.11. The van der Waals surface area contributed by atoms with E-state index in [9.17, 15) is 50.8 Å². The molecule has 18 heteroatoms. The number of aromatic hydroxyl groups is 2. The molecule has 48 heavy (non-hydrogen) atoms. The van der Waals surface area contributed by atoms with Gasteiger partial charge in [0.25, 0.3) is 0 Å². The van der Waals surface area contributed by atoms with Crippen LogP contribution >= 0.6 is 0 Å². The molecule has 0 amide bonds. The standard InChI is InChI=1S/C30H36O18/c1-41-10-4-5-11(12(33)6-10)25-23(39)20(36)17-13(7-14(42-2)26(43-3)27(17)47-25)44-30-28(22(38)19(35)16(9-32)46-30)48-29-24(40)21(37)18(34)15(8-31)45-29/h4-7,15-16,18-19,21-22,24,28-35,37-40H,8-9H2,1-3H3. The molecule has 10 unspecified atom stereocenters. The van der Waals surface area contributed by atoms with Crippen molar-refractivity contribution in [1.29, 1.82) is 0 Å². The average Bonchev–Trinajstić information content (AvgIpc) is 3.08. The normalized spacial score (nSPS) is 30.6. The second kappa shape index (κ2) is 14.3. The Hall–Kier alpha value is -3.95. The molecule has 3 aromatic rings. The molecule has 2 aliphatic rings. The minimum Gasteiger partial charge on any atom is -0.507 e. The van der Waals surface area contributed by atoms with Gasteiger partial charge in [-0.2, -0.15) is 0 Å². The number of rotatable bonds is 10. The quantitative estimate of drug-likeness (QED) is 0.111. The minimum atomic E-state index is -1.93. The average molecular weight is 685 g/mol. The fourth-order valence-electron chi connectivity index (χ4n) is 5.49. The number of ether oxygens (including phenoxy) is 7. The zero-order chi connectivity index (χ0) is 35.0. The van der Waals surface area contributed by atoms with E-state index >= 15 is 0 Å². The molecule has 0 saturated carbocycles. The van der Waals surface area contributed by atoms with Gasteiger partial charge in [-0.3, -0.25) is 4.79 Å². The molecule has 3 heterocycles. The second-order valence-electron chi connectivity index (χ2n) is 10.9. The van der Waals surface area contributed by atoms with Gasteiger partial charge in [-0.05, 0) is 12.1 Å². The maximum absolute atomic E-state index is 13.8. The number of aliphatic hydroxyl groups excluding tert-OH is 7. The lowest BCUT2D eigenvalue weighted by Gasteiger charge is -2.45. The van der Waals surface area contributed by atoms with Crippen molar-refractivity contribution in [3.63, 3.8) is 0 Å². The molecule has 2 aliphatic heterocycles. The van der Waals surface area contributed by atoms with E-state index in [1.165, 1.54) is 39.5 Å². The van der Waals surface area contributed by atoms with E-state index in [0.29, 0.717) is 0 Å². The maximum atomic E-state index is 13.8. The van der Waals surface area contributed by atoms with Gasteiger partial charge >= 0.3 is 0 Å². The predicted molar refractivity (Wildman–Crippen MR) is 158 cm³/mol. The van der Waals surface area contributed by atoms with Gasteiger partial charge in [0.2, 0.25) is 23.2 Å². The number of phenols is 1. The van der Waals surface area contributed by atoms with E-state index in [1.807, 2.05) is 0 Å². The number of methoxy groups -OCH3 is 3. The summed E-state index contributed by atoms with van der Waals surface area (Å²) in [7, 11) is 3.87. The lowest BCUT2D eigenvalue weighted by molar-refractivity contribution is -0.357. The van der Waals surface area contributed by atoms with Crippen molar-refractivity contribution in [2.75, 3.05) is 34.5 Å².